The molecule has 0 unspecified atom stereocenters. The second kappa shape index (κ2) is 8.07. The number of aromatic hydroxyl groups is 1. The third-order valence-electron chi connectivity index (χ3n) is 3.93. The van der Waals surface area contributed by atoms with E-state index in [4.69, 9.17) is 21.7 Å². The number of halogens is 1. The van der Waals surface area contributed by atoms with Gasteiger partial charge in [0.2, 0.25) is 0 Å². The lowest BCUT2D eigenvalue weighted by molar-refractivity contribution is -0.123. The smallest absolute Gasteiger partial charge is 0.266 e. The zero-order chi connectivity index (χ0) is 18.0. The summed E-state index contributed by atoms with van der Waals surface area (Å²) in [4.78, 5) is 14.8. The number of benzene rings is 1. The number of carbonyl (C=O) groups excluding carboxylic acids is 1. The first-order valence-electron chi connectivity index (χ1n) is 8.02. The molecule has 134 valence electrons. The normalized spacial score (nSPS) is 22.2. The Kier molecular flexibility index (Phi) is 6.04. The van der Waals surface area contributed by atoms with E-state index in [1.165, 1.54) is 11.8 Å². The fraction of sp³-hybridized carbons (Fsp3) is 0.412. The summed E-state index contributed by atoms with van der Waals surface area (Å²) in [7, 11) is 0. The van der Waals surface area contributed by atoms with Gasteiger partial charge >= 0.3 is 0 Å². The molecule has 0 radical (unpaired) electrons. The molecular formula is C17H18BrNO4S2. The van der Waals surface area contributed by atoms with Crippen molar-refractivity contribution in [2.45, 2.75) is 25.9 Å². The fourth-order valence-electron chi connectivity index (χ4n) is 2.74. The van der Waals surface area contributed by atoms with Crippen molar-refractivity contribution in [1.29, 1.82) is 0 Å². The van der Waals surface area contributed by atoms with Gasteiger partial charge in [-0.15, -0.1) is 0 Å². The van der Waals surface area contributed by atoms with E-state index in [0.29, 0.717) is 32.6 Å². The molecule has 1 aromatic carbocycles. The van der Waals surface area contributed by atoms with E-state index >= 15 is 0 Å². The Hall–Kier alpha value is -1.09. The lowest BCUT2D eigenvalue weighted by atomic mass is 10.1. The second-order valence-electron chi connectivity index (χ2n) is 5.71. The number of carbonyl (C=O) groups is 1. The second-order valence-corrected chi connectivity index (χ2v) is 8.24. The average molecular weight is 444 g/mol. The van der Waals surface area contributed by atoms with Crippen LogP contribution in [0.3, 0.4) is 0 Å². The van der Waals surface area contributed by atoms with Gasteiger partial charge in [0.05, 0.1) is 28.6 Å². The molecule has 5 nitrogen and oxygen atoms in total. The SMILES string of the molecule is CCOc1cc(/C=C2\SC(=S)N(C[C@@H]3CCCO3)C2=O)cc(Br)c1O. The van der Waals surface area contributed by atoms with Gasteiger partial charge in [-0.2, -0.15) is 0 Å². The number of rotatable bonds is 5. The van der Waals surface area contributed by atoms with Gasteiger partial charge in [-0.05, 0) is 59.5 Å². The number of phenolic OH excluding ortho intramolecular Hbond substituents is 1. The molecule has 0 spiro atoms. The molecule has 0 saturated carbocycles. The van der Waals surface area contributed by atoms with Crippen LogP contribution in [-0.4, -0.2) is 46.1 Å². The molecule has 1 amide bonds. The molecule has 2 saturated heterocycles. The van der Waals surface area contributed by atoms with Crippen molar-refractivity contribution in [2.24, 2.45) is 0 Å². The minimum atomic E-state index is -0.104. The molecule has 1 aromatic rings. The molecule has 3 rings (SSSR count). The molecule has 2 aliphatic heterocycles. The van der Waals surface area contributed by atoms with Gasteiger partial charge < -0.3 is 14.6 Å². The molecule has 8 heteroatoms. The summed E-state index contributed by atoms with van der Waals surface area (Å²) in [6.45, 7) is 3.53. The predicted octanol–water partition coefficient (Wildman–Crippen LogP) is 3.93. The third kappa shape index (κ3) is 4.19. The van der Waals surface area contributed by atoms with Crippen LogP contribution >= 0.6 is 39.9 Å². The number of ether oxygens (including phenoxy) is 2. The first-order chi connectivity index (χ1) is 12.0. The number of hydrogen-bond acceptors (Lipinski definition) is 6. The summed E-state index contributed by atoms with van der Waals surface area (Å²) < 4.78 is 12.1. The maximum absolute atomic E-state index is 12.7. The van der Waals surface area contributed by atoms with Gasteiger partial charge in [0.1, 0.15) is 4.32 Å². The maximum Gasteiger partial charge on any atom is 0.266 e. The summed E-state index contributed by atoms with van der Waals surface area (Å²) in [5.74, 6) is 0.315. The van der Waals surface area contributed by atoms with Crippen molar-refractivity contribution < 1.29 is 19.4 Å². The number of thiocarbonyl (C=S) groups is 1. The Balaban J connectivity index is 1.81. The highest BCUT2D eigenvalue weighted by molar-refractivity contribution is 9.10. The van der Waals surface area contributed by atoms with Crippen LogP contribution in [0.25, 0.3) is 6.08 Å². The number of amides is 1. The lowest BCUT2D eigenvalue weighted by Gasteiger charge is -2.18. The summed E-state index contributed by atoms with van der Waals surface area (Å²) in [5.41, 5.74) is 0.755. The van der Waals surface area contributed by atoms with E-state index < -0.39 is 0 Å². The molecule has 2 aliphatic rings. The van der Waals surface area contributed by atoms with Gasteiger partial charge in [-0.1, -0.05) is 24.0 Å². The van der Waals surface area contributed by atoms with E-state index in [0.717, 1.165) is 25.0 Å². The Bertz CT molecular complexity index is 732. The zero-order valence-corrected chi connectivity index (χ0v) is 16.9. The van der Waals surface area contributed by atoms with Gasteiger partial charge in [-0.3, -0.25) is 9.69 Å². The van der Waals surface area contributed by atoms with Crippen LogP contribution in [0.4, 0.5) is 0 Å². The quantitative estimate of drug-likeness (QED) is 0.549. The van der Waals surface area contributed by atoms with Crippen molar-refractivity contribution in [2.75, 3.05) is 19.8 Å². The topological polar surface area (TPSA) is 59.0 Å². The van der Waals surface area contributed by atoms with Crippen molar-refractivity contribution in [3.05, 3.63) is 27.1 Å². The molecule has 2 heterocycles. The Morgan fingerprint density at radius 1 is 1.56 bits per heavy atom. The molecule has 25 heavy (non-hydrogen) atoms. The predicted molar refractivity (Wildman–Crippen MR) is 106 cm³/mol. The van der Waals surface area contributed by atoms with Crippen LogP contribution in [0.5, 0.6) is 11.5 Å². The van der Waals surface area contributed by atoms with Crippen LogP contribution in [0, 0.1) is 0 Å². The van der Waals surface area contributed by atoms with E-state index in [1.54, 1.807) is 23.1 Å². The van der Waals surface area contributed by atoms with Gasteiger partial charge in [0.15, 0.2) is 11.5 Å². The lowest BCUT2D eigenvalue weighted by Crippen LogP contribution is -2.35. The Labute approximate surface area is 164 Å². The zero-order valence-electron chi connectivity index (χ0n) is 13.7. The van der Waals surface area contributed by atoms with Crippen LogP contribution in [0.1, 0.15) is 25.3 Å². The van der Waals surface area contributed by atoms with Crippen molar-refractivity contribution in [3.8, 4) is 11.5 Å². The third-order valence-corrected chi connectivity index (χ3v) is 5.91. The Morgan fingerprint density at radius 3 is 3.04 bits per heavy atom. The van der Waals surface area contributed by atoms with Crippen LogP contribution < -0.4 is 4.74 Å². The van der Waals surface area contributed by atoms with Crippen molar-refractivity contribution in [1.82, 2.24) is 4.90 Å². The van der Waals surface area contributed by atoms with Crippen molar-refractivity contribution >= 4 is 56.2 Å². The summed E-state index contributed by atoms with van der Waals surface area (Å²) in [6.07, 6.45) is 3.81. The highest BCUT2D eigenvalue weighted by Crippen LogP contribution is 2.38. The van der Waals surface area contributed by atoms with Gasteiger partial charge in [-0.25, -0.2) is 0 Å². The summed E-state index contributed by atoms with van der Waals surface area (Å²) >= 11 is 9.95. The molecule has 2 fully saturated rings. The van der Waals surface area contributed by atoms with Crippen molar-refractivity contribution in [3.63, 3.8) is 0 Å². The minimum absolute atomic E-state index is 0.0462. The van der Waals surface area contributed by atoms with E-state index in [2.05, 4.69) is 15.9 Å². The largest absolute Gasteiger partial charge is 0.503 e. The number of nitrogens with zero attached hydrogens (tertiary/aromatic N) is 1. The van der Waals surface area contributed by atoms with Crippen LogP contribution in [0.15, 0.2) is 21.5 Å². The van der Waals surface area contributed by atoms with E-state index in [9.17, 15) is 9.90 Å². The first-order valence-corrected chi connectivity index (χ1v) is 10.0. The molecule has 0 aromatic heterocycles. The Morgan fingerprint density at radius 2 is 2.36 bits per heavy atom. The van der Waals surface area contributed by atoms with Crippen LogP contribution in [-0.2, 0) is 9.53 Å². The molecule has 1 N–H and O–H groups in total. The molecular weight excluding hydrogens is 426 g/mol. The van der Waals surface area contributed by atoms with E-state index in [-0.39, 0.29) is 17.8 Å². The highest BCUT2D eigenvalue weighted by atomic mass is 79.9. The van der Waals surface area contributed by atoms with Gasteiger partial charge in [0, 0.05) is 6.61 Å². The molecule has 1 atom stereocenters. The highest BCUT2D eigenvalue weighted by Gasteiger charge is 2.34. The number of hydrogen-bond donors (Lipinski definition) is 1. The van der Waals surface area contributed by atoms with E-state index in [1.807, 2.05) is 6.92 Å². The number of thioether (sulfide) groups is 1. The fourth-order valence-corrected chi connectivity index (χ4v) is 4.48. The first kappa shape index (κ1) is 18.7. The standard InChI is InChI=1S/C17H18BrNO4S2/c1-2-22-13-7-10(6-12(18)15(13)20)8-14-16(21)19(17(24)25-14)9-11-4-3-5-23-11/h6-8,11,20H,2-5,9H2,1H3/b14-8-/t11-/m0/s1. The van der Waals surface area contributed by atoms with Crippen LogP contribution in [0.2, 0.25) is 0 Å². The maximum atomic E-state index is 12.7. The summed E-state index contributed by atoms with van der Waals surface area (Å²) in [6, 6.07) is 3.45. The molecule has 0 aliphatic carbocycles. The monoisotopic (exact) mass is 443 g/mol. The number of phenols is 1. The average Bonchev–Trinajstić information content (AvgIpc) is 3.17. The minimum Gasteiger partial charge on any atom is -0.503 e. The molecule has 0 bridgehead atoms. The summed E-state index contributed by atoms with van der Waals surface area (Å²) in [5, 5.41) is 10.0. The van der Waals surface area contributed by atoms with Gasteiger partial charge in [0.25, 0.3) is 5.91 Å².